The zero-order valence-corrected chi connectivity index (χ0v) is 5.26. The Morgan fingerprint density at radius 3 is 2.50 bits per heavy atom. The van der Waals surface area contributed by atoms with Gasteiger partial charge in [0.25, 0.3) is 0 Å². The van der Waals surface area contributed by atoms with Crippen molar-refractivity contribution in [3.63, 3.8) is 0 Å². The zero-order chi connectivity index (χ0) is 6.69. The summed E-state index contributed by atoms with van der Waals surface area (Å²) in [5.41, 5.74) is 0.926. The maximum atomic E-state index is 12.3. The van der Waals surface area contributed by atoms with Gasteiger partial charge in [0.2, 0.25) is 0 Å². The minimum absolute atomic E-state index is 0. The second kappa shape index (κ2) is 4.10. The van der Waals surface area contributed by atoms with E-state index >= 15 is 0 Å². The molecule has 1 rings (SSSR count). The van der Waals surface area contributed by atoms with Crippen LogP contribution in [0.25, 0.3) is 0 Å². The van der Waals surface area contributed by atoms with E-state index in [-0.39, 0.29) is 13.2 Å². The van der Waals surface area contributed by atoms with Crippen LogP contribution < -0.4 is 5.46 Å². The van der Waals surface area contributed by atoms with Crippen LogP contribution in [0.3, 0.4) is 0 Å². The highest BCUT2D eigenvalue weighted by Gasteiger charge is 1.80. The van der Waals surface area contributed by atoms with Crippen molar-refractivity contribution in [3.8, 4) is 0 Å². The maximum absolute atomic E-state index is 12.3. The summed E-state index contributed by atoms with van der Waals surface area (Å²) in [6, 6.07) is 6.50. The van der Waals surface area contributed by atoms with E-state index in [9.17, 15) is 4.39 Å². The van der Waals surface area contributed by atoms with Gasteiger partial charge >= 0.3 is 0 Å². The van der Waals surface area contributed by atoms with Gasteiger partial charge in [0, 0.05) is 0 Å². The summed E-state index contributed by atoms with van der Waals surface area (Å²) in [7, 11) is 1.86. The molecule has 0 aliphatic rings. The highest BCUT2D eigenvalue weighted by atomic mass is 19.1. The molecule has 0 heterocycles. The lowest BCUT2D eigenvalue weighted by molar-refractivity contribution is 0.629. The summed E-state index contributed by atoms with van der Waals surface area (Å²) in [5, 5.41) is 0. The standard InChI is InChI=1S/C7H7BF.CH4/c1-8-6-3-2-4-7(9)5-6;/h2-5H,1H3;1H4/q-1;. The van der Waals surface area contributed by atoms with E-state index in [1.54, 1.807) is 6.07 Å². The third kappa shape index (κ3) is 2.22. The summed E-state index contributed by atoms with van der Waals surface area (Å²) < 4.78 is 12.3. The average Bonchev–Trinajstić information content (AvgIpc) is 1.88. The molecule has 10 heavy (non-hydrogen) atoms. The van der Waals surface area contributed by atoms with Crippen LogP contribution >= 0.6 is 0 Å². The lowest BCUT2D eigenvalue weighted by Crippen LogP contribution is -2.09. The normalized spacial score (nSPS) is 8.60. The molecule has 0 saturated heterocycles. The third-order valence-electron chi connectivity index (χ3n) is 1.18. The van der Waals surface area contributed by atoms with Crippen LogP contribution in [0.2, 0.25) is 6.82 Å². The Balaban J connectivity index is 0.000000810. The highest BCUT2D eigenvalue weighted by molar-refractivity contribution is 6.51. The molecule has 2 radical (unpaired) electrons. The topological polar surface area (TPSA) is 0 Å². The van der Waals surface area contributed by atoms with Crippen molar-refractivity contribution in [1.82, 2.24) is 0 Å². The molecule has 1 aromatic rings. The van der Waals surface area contributed by atoms with Gasteiger partial charge in [-0.2, -0.15) is 0 Å². The zero-order valence-electron chi connectivity index (χ0n) is 5.26. The fraction of sp³-hybridized carbons (Fsp3) is 0.250. The Kier molecular flexibility index (Phi) is 3.78. The van der Waals surface area contributed by atoms with Gasteiger partial charge < -0.3 is 7.28 Å². The van der Waals surface area contributed by atoms with Crippen LogP contribution in [0.4, 0.5) is 4.39 Å². The maximum Gasteiger partial charge on any atom is 0.119 e. The SMILES string of the molecule is C.C[B-]c1cccc(F)c1. The van der Waals surface area contributed by atoms with Crippen molar-refractivity contribution in [2.24, 2.45) is 0 Å². The molecule has 2 heteroatoms. The Morgan fingerprint density at radius 2 is 2.10 bits per heavy atom. The van der Waals surface area contributed by atoms with Crippen LogP contribution in [-0.2, 0) is 0 Å². The van der Waals surface area contributed by atoms with Gasteiger partial charge in [-0.1, -0.05) is 19.6 Å². The molecule has 0 saturated carbocycles. The third-order valence-corrected chi connectivity index (χ3v) is 1.18. The van der Waals surface area contributed by atoms with E-state index in [0.29, 0.717) is 0 Å². The van der Waals surface area contributed by atoms with E-state index < -0.39 is 0 Å². The molecular formula is C8H11BF-. The van der Waals surface area contributed by atoms with Crippen molar-refractivity contribution < 1.29 is 4.39 Å². The van der Waals surface area contributed by atoms with Crippen molar-refractivity contribution in [2.75, 3.05) is 0 Å². The van der Waals surface area contributed by atoms with Crippen LogP contribution in [-0.4, -0.2) is 7.28 Å². The van der Waals surface area contributed by atoms with Crippen LogP contribution in [0.15, 0.2) is 24.3 Å². The van der Waals surface area contributed by atoms with Gasteiger partial charge in [-0.05, 0) is 6.07 Å². The monoisotopic (exact) mass is 137 g/mol. The van der Waals surface area contributed by atoms with Crippen molar-refractivity contribution in [2.45, 2.75) is 14.2 Å². The summed E-state index contributed by atoms with van der Waals surface area (Å²) >= 11 is 0. The highest BCUT2D eigenvalue weighted by Crippen LogP contribution is 1.90. The minimum atomic E-state index is -0.175. The molecule has 0 nitrogen and oxygen atoms in total. The second-order valence-electron chi connectivity index (χ2n) is 1.84. The fourth-order valence-corrected chi connectivity index (χ4v) is 0.686. The number of hydrogen-bond donors (Lipinski definition) is 0. The molecule has 0 aliphatic carbocycles. The summed E-state index contributed by atoms with van der Waals surface area (Å²) in [6.45, 7) is 1.88. The molecule has 0 bridgehead atoms. The number of rotatable bonds is 1. The van der Waals surface area contributed by atoms with E-state index in [1.807, 2.05) is 20.2 Å². The lowest BCUT2D eigenvalue weighted by Gasteiger charge is -2.06. The first-order valence-electron chi connectivity index (χ1n) is 2.88. The smallest absolute Gasteiger partial charge is 0.119 e. The molecule has 0 atom stereocenters. The summed E-state index contributed by atoms with van der Waals surface area (Å²) in [6.07, 6.45) is 0. The molecule has 0 fully saturated rings. The van der Waals surface area contributed by atoms with Crippen LogP contribution in [0.1, 0.15) is 7.43 Å². The number of hydrogen-bond acceptors (Lipinski definition) is 0. The van der Waals surface area contributed by atoms with Gasteiger partial charge in [0.15, 0.2) is 0 Å². The Morgan fingerprint density at radius 1 is 1.40 bits per heavy atom. The first-order valence-corrected chi connectivity index (χ1v) is 2.88. The van der Waals surface area contributed by atoms with E-state index in [0.717, 1.165) is 5.46 Å². The molecule has 0 aliphatic heterocycles. The first kappa shape index (κ1) is 9.21. The van der Waals surface area contributed by atoms with Crippen LogP contribution in [0.5, 0.6) is 0 Å². The Hall–Kier alpha value is -0.785. The van der Waals surface area contributed by atoms with Crippen LogP contribution in [0, 0.1) is 5.82 Å². The molecule has 0 N–H and O–H groups in total. The molecule has 54 valence electrons. The first-order chi connectivity index (χ1) is 4.33. The molecule has 0 unspecified atom stereocenters. The molecule has 0 amide bonds. The van der Waals surface area contributed by atoms with Crippen molar-refractivity contribution in [1.29, 1.82) is 0 Å². The fourth-order valence-electron chi connectivity index (χ4n) is 0.686. The molecule has 1 aromatic carbocycles. The van der Waals surface area contributed by atoms with Crippen molar-refractivity contribution >= 4 is 12.7 Å². The van der Waals surface area contributed by atoms with Gasteiger partial charge in [-0.15, -0.1) is 6.07 Å². The average molecular weight is 137 g/mol. The largest absolute Gasteiger partial charge is 0.301 e. The second-order valence-corrected chi connectivity index (χ2v) is 1.84. The predicted octanol–water partition coefficient (Wildman–Crippen LogP) is 1.84. The Bertz CT molecular complexity index is 198. The van der Waals surface area contributed by atoms with Gasteiger partial charge in [-0.3, -0.25) is 5.46 Å². The van der Waals surface area contributed by atoms with E-state index in [4.69, 9.17) is 0 Å². The number of benzene rings is 1. The van der Waals surface area contributed by atoms with Gasteiger partial charge in [0.1, 0.15) is 5.82 Å². The summed E-state index contributed by atoms with van der Waals surface area (Å²) in [4.78, 5) is 0. The van der Waals surface area contributed by atoms with Gasteiger partial charge in [0.05, 0.1) is 0 Å². The molecular weight excluding hydrogens is 126 g/mol. The van der Waals surface area contributed by atoms with E-state index in [1.165, 1.54) is 12.1 Å². The molecule has 0 aromatic heterocycles. The number of halogens is 1. The minimum Gasteiger partial charge on any atom is -0.301 e. The van der Waals surface area contributed by atoms with Gasteiger partial charge in [-0.25, -0.2) is 11.2 Å². The quantitative estimate of drug-likeness (QED) is 0.518. The molecule has 0 spiro atoms. The van der Waals surface area contributed by atoms with Crippen molar-refractivity contribution in [3.05, 3.63) is 30.1 Å². The predicted molar refractivity (Wildman–Crippen MR) is 44.4 cm³/mol. The lowest BCUT2D eigenvalue weighted by atomic mass is 9.73. The summed E-state index contributed by atoms with van der Waals surface area (Å²) in [5.74, 6) is -0.175. The Labute approximate surface area is 62.3 Å². The van der Waals surface area contributed by atoms with E-state index in [2.05, 4.69) is 0 Å².